The molecule has 0 fully saturated rings. The molecule has 366 valence electrons. The fourth-order valence-corrected chi connectivity index (χ4v) is 7.99. The van der Waals surface area contributed by atoms with E-state index >= 15 is 0 Å². The van der Waals surface area contributed by atoms with Gasteiger partial charge in [0.25, 0.3) is 0 Å². The number of carbonyl (C=O) groups is 3. The Morgan fingerprint density at radius 1 is 0.476 bits per heavy atom. The molecule has 0 aromatic heterocycles. The molecule has 63 heavy (non-hydrogen) atoms. The van der Waals surface area contributed by atoms with Crippen molar-refractivity contribution in [2.75, 3.05) is 0 Å². The van der Waals surface area contributed by atoms with E-state index in [1.54, 1.807) is 0 Å². The van der Waals surface area contributed by atoms with Gasteiger partial charge in [0, 0.05) is 45.0 Å². The highest BCUT2D eigenvalue weighted by Crippen LogP contribution is 2.27. The second kappa shape index (κ2) is 26.6. The Bertz CT molecular complexity index is 1270. The number of nitrogens with one attached hydrogen (secondary N) is 4. The monoisotopic (exact) mass is 907 g/mol. The first-order valence-electron chi connectivity index (χ1n) is 23.8. The van der Waals surface area contributed by atoms with Gasteiger partial charge in [-0.15, -0.1) is 0 Å². The van der Waals surface area contributed by atoms with E-state index < -0.39 is 11.8 Å². The Labute approximate surface area is 389 Å². The smallest absolute Gasteiger partial charge is 0.450 e. The van der Waals surface area contributed by atoms with Gasteiger partial charge in [0.15, 0.2) is 0 Å². The molecule has 0 bridgehead atoms. The highest BCUT2D eigenvalue weighted by Gasteiger charge is 2.26. The first kappa shape index (κ1) is 58.5. The van der Waals surface area contributed by atoms with Crippen LogP contribution in [0.3, 0.4) is 0 Å². The van der Waals surface area contributed by atoms with Crippen molar-refractivity contribution in [3.63, 3.8) is 0 Å². The summed E-state index contributed by atoms with van der Waals surface area (Å²) in [5.41, 5.74) is -0.356. The summed E-state index contributed by atoms with van der Waals surface area (Å²) in [6.07, 6.45) is 23.3. The molecule has 0 saturated heterocycles. The van der Waals surface area contributed by atoms with E-state index in [0.717, 1.165) is 77.0 Å². The summed E-state index contributed by atoms with van der Waals surface area (Å²) >= 11 is 1.26. The minimum Gasteiger partial charge on any atom is -0.450 e. The van der Waals surface area contributed by atoms with E-state index in [-0.39, 0.29) is 56.6 Å². The maximum Gasteiger partial charge on any atom is 0.509 e. The van der Waals surface area contributed by atoms with Crippen LogP contribution in [-0.4, -0.2) is 86.5 Å². The predicted molar refractivity (Wildman–Crippen MR) is 265 cm³/mol. The summed E-state index contributed by atoms with van der Waals surface area (Å²) < 4.78 is 21.5. The van der Waals surface area contributed by atoms with Crippen molar-refractivity contribution in [2.45, 2.75) is 271 Å². The maximum absolute atomic E-state index is 11.9. The zero-order chi connectivity index (χ0) is 48.3. The van der Waals surface area contributed by atoms with Gasteiger partial charge in [0.05, 0.1) is 0 Å². The first-order valence-corrected chi connectivity index (χ1v) is 24.6. The molecule has 3 aliphatic rings. The van der Waals surface area contributed by atoms with Crippen molar-refractivity contribution >= 4 is 29.3 Å². The first-order chi connectivity index (χ1) is 28.7. The number of carbonyl (C=O) groups excluding carboxylic acids is 3. The molecule has 0 radical (unpaired) electrons. The lowest BCUT2D eigenvalue weighted by molar-refractivity contribution is -0.0201. The quantitative estimate of drug-likeness (QED) is 0.115. The Morgan fingerprint density at radius 2 is 0.825 bits per heavy atom. The number of ether oxygens (including phenoxy) is 4. The standard InChI is InChI=1S/C17H32N2O2.C17H31NO3.C17H31NO2S/c1-16(2,3)18-13-9-7-11-14(12-8-10-13)21-15(20)19-17(4,5)6;2*1-16(2,3)18-13-9-7-11-14(12-8-10-13)20-15(19)21-17(4,5)6/h7,11,13-14,18H,8-10,12H2,1-6H3,(H,19,20);2*7,11,13-14,18H,8-10,12H2,1-6H3/b3*11-7+. The number of alkyl carbamates (subject to hydrolysis) is 1. The lowest BCUT2D eigenvalue weighted by Gasteiger charge is -2.29. The van der Waals surface area contributed by atoms with Gasteiger partial charge in [-0.25, -0.2) is 14.4 Å². The molecule has 0 aliphatic heterocycles. The van der Waals surface area contributed by atoms with Crippen molar-refractivity contribution in [3.05, 3.63) is 36.5 Å². The highest BCUT2D eigenvalue weighted by molar-refractivity contribution is 8.14. The number of rotatable bonds is 6. The van der Waals surface area contributed by atoms with E-state index in [0.29, 0.717) is 18.1 Å². The summed E-state index contributed by atoms with van der Waals surface area (Å²) in [6.45, 7) is 37.2. The molecule has 1 amide bonds. The summed E-state index contributed by atoms with van der Waals surface area (Å²) in [4.78, 5) is 35.4. The van der Waals surface area contributed by atoms with Crippen LogP contribution in [-0.2, 0) is 18.9 Å². The molecule has 6 unspecified atom stereocenters. The molecule has 0 spiro atoms. The molecule has 0 aromatic rings. The largest absolute Gasteiger partial charge is 0.509 e. The summed E-state index contributed by atoms with van der Waals surface area (Å²) in [7, 11) is 0. The van der Waals surface area contributed by atoms with Crippen molar-refractivity contribution in [3.8, 4) is 0 Å². The van der Waals surface area contributed by atoms with E-state index in [9.17, 15) is 14.4 Å². The molecular weight excluding hydrogens is 813 g/mol. The van der Waals surface area contributed by atoms with E-state index in [2.05, 4.69) is 108 Å². The average molecular weight is 907 g/mol. The fraction of sp³-hybridized carbons (Fsp3) is 0.824. The second-order valence-corrected chi connectivity index (χ2v) is 25.4. The van der Waals surface area contributed by atoms with E-state index in [4.69, 9.17) is 18.9 Å². The number of thioether (sulfide) groups is 1. The van der Waals surface area contributed by atoms with Gasteiger partial charge in [-0.3, -0.25) is 0 Å². The Balaban J connectivity index is 0.000000472. The Hall–Kier alpha value is -2.54. The molecule has 4 N–H and O–H groups in total. The van der Waals surface area contributed by atoms with Crippen molar-refractivity contribution < 1.29 is 33.3 Å². The van der Waals surface area contributed by atoms with Crippen LogP contribution in [0, 0.1) is 0 Å². The van der Waals surface area contributed by atoms with Crippen LogP contribution < -0.4 is 21.3 Å². The summed E-state index contributed by atoms with van der Waals surface area (Å²) in [5.74, 6) is 0. The van der Waals surface area contributed by atoms with E-state index in [1.807, 2.05) is 74.5 Å². The third-order valence-corrected chi connectivity index (χ3v) is 10.2. The molecule has 0 aromatic carbocycles. The zero-order valence-corrected chi connectivity index (χ0v) is 44.0. The average Bonchev–Trinajstić information content (AvgIpc) is 3.00. The van der Waals surface area contributed by atoms with Crippen molar-refractivity contribution in [1.82, 2.24) is 21.3 Å². The van der Waals surface area contributed by atoms with Crippen LogP contribution in [0.2, 0.25) is 0 Å². The normalized spacial score (nSPS) is 25.7. The van der Waals surface area contributed by atoms with Gasteiger partial charge in [-0.1, -0.05) is 39.0 Å². The number of amides is 1. The fourth-order valence-electron chi connectivity index (χ4n) is 7.32. The summed E-state index contributed by atoms with van der Waals surface area (Å²) in [5, 5.41) is 13.6. The highest BCUT2D eigenvalue weighted by atomic mass is 32.2. The zero-order valence-electron chi connectivity index (χ0n) is 43.2. The van der Waals surface area contributed by atoms with Gasteiger partial charge < -0.3 is 40.2 Å². The van der Waals surface area contributed by atoms with Gasteiger partial charge in [0.1, 0.15) is 23.9 Å². The SMILES string of the molecule is CC(C)(C)NC(=O)OC1/C=C/CC(NC(C)(C)C)CCC1.CC(C)(C)NC1C/C=C/C(OC(=O)OC(C)(C)C)CCC1.CC(C)(C)NC1C/C=C/C(OC(=O)SC(C)(C)C)CCC1. The molecule has 0 saturated carbocycles. The Kier molecular flexibility index (Phi) is 24.7. The lowest BCUT2D eigenvalue weighted by Crippen LogP contribution is -2.44. The van der Waals surface area contributed by atoms with Gasteiger partial charge in [-0.2, -0.15) is 0 Å². The molecule has 0 heterocycles. The van der Waals surface area contributed by atoms with Crippen LogP contribution in [0.1, 0.15) is 202 Å². The maximum atomic E-state index is 11.9. The molecule has 11 nitrogen and oxygen atoms in total. The van der Waals surface area contributed by atoms with Crippen LogP contribution in [0.5, 0.6) is 0 Å². The number of hydrogen-bond donors (Lipinski definition) is 4. The van der Waals surface area contributed by atoms with E-state index in [1.165, 1.54) is 11.8 Å². The molecular formula is C51H94N4O7S. The topological polar surface area (TPSA) is 136 Å². The Morgan fingerprint density at radius 3 is 1.14 bits per heavy atom. The van der Waals surface area contributed by atoms with Crippen LogP contribution in [0.4, 0.5) is 14.4 Å². The lowest BCUT2D eigenvalue weighted by atomic mass is 9.97. The van der Waals surface area contributed by atoms with Crippen LogP contribution in [0.15, 0.2) is 36.5 Å². The molecule has 6 atom stereocenters. The van der Waals surface area contributed by atoms with Gasteiger partial charge in [-0.05, 0) is 211 Å². The third kappa shape index (κ3) is 34.5. The predicted octanol–water partition coefficient (Wildman–Crippen LogP) is 12.9. The minimum absolute atomic E-state index is 0.0667. The second-order valence-electron chi connectivity index (χ2n) is 23.6. The molecule has 3 aliphatic carbocycles. The van der Waals surface area contributed by atoms with Crippen LogP contribution in [0.25, 0.3) is 0 Å². The number of hydrogen-bond acceptors (Lipinski definition) is 11. The van der Waals surface area contributed by atoms with Crippen LogP contribution >= 0.6 is 11.8 Å². The third-order valence-electron chi connectivity index (χ3n) is 9.36. The van der Waals surface area contributed by atoms with Crippen molar-refractivity contribution in [1.29, 1.82) is 0 Å². The minimum atomic E-state index is -0.581. The molecule has 3 rings (SSSR count). The van der Waals surface area contributed by atoms with Gasteiger partial charge in [0.2, 0.25) is 0 Å². The summed E-state index contributed by atoms with van der Waals surface area (Å²) in [6, 6.07) is 1.51. The van der Waals surface area contributed by atoms with Crippen molar-refractivity contribution in [2.24, 2.45) is 0 Å². The van der Waals surface area contributed by atoms with Gasteiger partial charge >= 0.3 is 17.5 Å². The molecule has 12 heteroatoms.